The lowest BCUT2D eigenvalue weighted by Gasteiger charge is -2.47. The van der Waals surface area contributed by atoms with Crippen LogP contribution in [0.1, 0.15) is 51.4 Å². The van der Waals surface area contributed by atoms with E-state index in [2.05, 4.69) is 12.2 Å². The molecule has 0 spiro atoms. The van der Waals surface area contributed by atoms with Crippen LogP contribution >= 0.6 is 0 Å². The van der Waals surface area contributed by atoms with Crippen molar-refractivity contribution >= 4 is 0 Å². The van der Waals surface area contributed by atoms with Crippen LogP contribution < -0.4 is 0 Å². The fourth-order valence-corrected chi connectivity index (χ4v) is 4.30. The normalized spacial score (nSPS) is 25.7. The molecule has 2 aliphatic rings. The summed E-state index contributed by atoms with van der Waals surface area (Å²) in [6.07, 6.45) is 15.6. The van der Waals surface area contributed by atoms with E-state index in [9.17, 15) is 0 Å². The summed E-state index contributed by atoms with van der Waals surface area (Å²) in [7, 11) is 3.69. The molecule has 0 aliphatic heterocycles. The van der Waals surface area contributed by atoms with Gasteiger partial charge >= 0.3 is 0 Å². The van der Waals surface area contributed by atoms with Gasteiger partial charge in [0.2, 0.25) is 0 Å². The summed E-state index contributed by atoms with van der Waals surface area (Å²) >= 11 is 0. The predicted octanol–water partition coefficient (Wildman–Crippen LogP) is 4.20. The summed E-state index contributed by atoms with van der Waals surface area (Å²) in [6, 6.07) is 0. The molecular formula is C17H30O2. The van der Waals surface area contributed by atoms with Crippen molar-refractivity contribution in [2.75, 3.05) is 27.4 Å². The molecule has 110 valence electrons. The minimum Gasteiger partial charge on any atom is -0.384 e. The standard InChI is InChI=1S/C17H30O2/c1-18-13-17(14-19-2,15-9-5-3-6-10-15)16-11-7-4-8-12-16/h5,9,15-16H,3-4,6-8,10-14H2,1-2H3. The monoisotopic (exact) mass is 266 g/mol. The molecule has 2 nitrogen and oxygen atoms in total. The molecule has 0 radical (unpaired) electrons. The molecular weight excluding hydrogens is 236 g/mol. The SMILES string of the molecule is COCC(COC)(C1C=CCCC1)C1CCCCC1. The highest BCUT2D eigenvalue weighted by Crippen LogP contribution is 2.47. The number of ether oxygens (including phenoxy) is 2. The Hall–Kier alpha value is -0.340. The second-order valence-corrected chi connectivity index (χ2v) is 6.40. The number of rotatable bonds is 6. The summed E-state index contributed by atoms with van der Waals surface area (Å²) in [5.41, 5.74) is 0.209. The van der Waals surface area contributed by atoms with Crippen LogP contribution in [0, 0.1) is 17.3 Å². The highest BCUT2D eigenvalue weighted by atomic mass is 16.5. The van der Waals surface area contributed by atoms with Crippen molar-refractivity contribution in [1.29, 1.82) is 0 Å². The van der Waals surface area contributed by atoms with Gasteiger partial charge in [-0.05, 0) is 43.9 Å². The van der Waals surface area contributed by atoms with Crippen molar-refractivity contribution in [3.63, 3.8) is 0 Å². The predicted molar refractivity (Wildman–Crippen MR) is 79.2 cm³/mol. The number of allylic oxidation sites excluding steroid dienone is 2. The molecule has 0 N–H and O–H groups in total. The van der Waals surface area contributed by atoms with Gasteiger partial charge in [0.15, 0.2) is 0 Å². The minimum atomic E-state index is 0.209. The van der Waals surface area contributed by atoms with Gasteiger partial charge in [-0.2, -0.15) is 0 Å². The van der Waals surface area contributed by atoms with Gasteiger partial charge in [0.05, 0.1) is 13.2 Å². The van der Waals surface area contributed by atoms with E-state index in [-0.39, 0.29) is 5.41 Å². The molecule has 1 saturated carbocycles. The molecule has 1 unspecified atom stereocenters. The van der Waals surface area contributed by atoms with Gasteiger partial charge in [-0.1, -0.05) is 31.4 Å². The molecule has 2 heteroatoms. The van der Waals surface area contributed by atoms with Gasteiger partial charge in [0.1, 0.15) is 0 Å². The van der Waals surface area contributed by atoms with Gasteiger partial charge in [-0.15, -0.1) is 0 Å². The van der Waals surface area contributed by atoms with Crippen LogP contribution in [0.5, 0.6) is 0 Å². The average molecular weight is 266 g/mol. The molecule has 0 bridgehead atoms. The van der Waals surface area contributed by atoms with E-state index in [1.165, 1.54) is 51.4 Å². The van der Waals surface area contributed by atoms with Crippen LogP contribution in [0.15, 0.2) is 12.2 Å². The molecule has 0 aromatic carbocycles. The zero-order valence-electron chi connectivity index (χ0n) is 12.7. The van der Waals surface area contributed by atoms with Crippen LogP contribution in [0.2, 0.25) is 0 Å². The van der Waals surface area contributed by atoms with Crippen molar-refractivity contribution in [2.45, 2.75) is 51.4 Å². The lowest BCUT2D eigenvalue weighted by atomic mass is 9.61. The third kappa shape index (κ3) is 3.41. The molecule has 2 rings (SSSR count). The van der Waals surface area contributed by atoms with Gasteiger partial charge in [-0.25, -0.2) is 0 Å². The smallest absolute Gasteiger partial charge is 0.0549 e. The summed E-state index contributed by atoms with van der Waals surface area (Å²) in [5, 5.41) is 0. The minimum absolute atomic E-state index is 0.209. The maximum atomic E-state index is 5.65. The molecule has 0 aromatic rings. The Labute approximate surface area is 118 Å². The second-order valence-electron chi connectivity index (χ2n) is 6.40. The number of hydrogen-bond donors (Lipinski definition) is 0. The van der Waals surface area contributed by atoms with Gasteiger partial charge in [0, 0.05) is 19.6 Å². The first-order chi connectivity index (χ1) is 9.33. The molecule has 0 saturated heterocycles. The number of methoxy groups -OCH3 is 2. The summed E-state index contributed by atoms with van der Waals surface area (Å²) in [5.74, 6) is 1.41. The lowest BCUT2D eigenvalue weighted by Crippen LogP contribution is -2.46. The van der Waals surface area contributed by atoms with Crippen molar-refractivity contribution < 1.29 is 9.47 Å². The Kier molecular flexibility index (Phi) is 5.90. The average Bonchev–Trinajstić information content (AvgIpc) is 2.49. The van der Waals surface area contributed by atoms with E-state index >= 15 is 0 Å². The molecule has 2 aliphatic carbocycles. The van der Waals surface area contributed by atoms with E-state index in [1.807, 2.05) is 14.2 Å². The molecule has 0 heterocycles. The Morgan fingerprint density at radius 2 is 1.63 bits per heavy atom. The zero-order chi connectivity index (χ0) is 13.6. The van der Waals surface area contributed by atoms with Crippen LogP contribution in [0.4, 0.5) is 0 Å². The Morgan fingerprint density at radius 3 is 2.16 bits per heavy atom. The van der Waals surface area contributed by atoms with Gasteiger partial charge in [-0.3, -0.25) is 0 Å². The fourth-order valence-electron chi connectivity index (χ4n) is 4.30. The third-order valence-corrected chi connectivity index (χ3v) is 5.24. The second kappa shape index (κ2) is 7.44. The maximum absolute atomic E-state index is 5.65. The third-order valence-electron chi connectivity index (χ3n) is 5.24. The van der Waals surface area contributed by atoms with E-state index in [1.54, 1.807) is 0 Å². The first-order valence-electron chi connectivity index (χ1n) is 7.98. The van der Waals surface area contributed by atoms with E-state index < -0.39 is 0 Å². The summed E-state index contributed by atoms with van der Waals surface area (Å²) in [4.78, 5) is 0. The van der Waals surface area contributed by atoms with Crippen molar-refractivity contribution in [1.82, 2.24) is 0 Å². The highest BCUT2D eigenvalue weighted by Gasteiger charge is 2.44. The molecule has 0 amide bonds. The molecule has 0 aromatic heterocycles. The summed E-state index contributed by atoms with van der Waals surface area (Å²) in [6.45, 7) is 1.70. The Morgan fingerprint density at radius 1 is 0.947 bits per heavy atom. The van der Waals surface area contributed by atoms with E-state index in [0.29, 0.717) is 5.92 Å². The first-order valence-corrected chi connectivity index (χ1v) is 7.98. The topological polar surface area (TPSA) is 18.5 Å². The van der Waals surface area contributed by atoms with Crippen molar-refractivity contribution in [3.05, 3.63) is 12.2 Å². The highest BCUT2D eigenvalue weighted by molar-refractivity contribution is 5.05. The largest absolute Gasteiger partial charge is 0.384 e. The quantitative estimate of drug-likeness (QED) is 0.671. The van der Waals surface area contributed by atoms with Crippen LogP contribution in [-0.4, -0.2) is 27.4 Å². The van der Waals surface area contributed by atoms with Crippen molar-refractivity contribution in [2.24, 2.45) is 17.3 Å². The van der Waals surface area contributed by atoms with Crippen molar-refractivity contribution in [3.8, 4) is 0 Å². The molecule has 1 atom stereocenters. The Bertz CT molecular complexity index is 273. The van der Waals surface area contributed by atoms with Crippen LogP contribution in [0.3, 0.4) is 0 Å². The maximum Gasteiger partial charge on any atom is 0.0549 e. The molecule has 1 fully saturated rings. The van der Waals surface area contributed by atoms with Gasteiger partial charge < -0.3 is 9.47 Å². The Balaban J connectivity index is 2.21. The van der Waals surface area contributed by atoms with Gasteiger partial charge in [0.25, 0.3) is 0 Å². The number of hydrogen-bond acceptors (Lipinski definition) is 2. The lowest BCUT2D eigenvalue weighted by molar-refractivity contribution is -0.0709. The van der Waals surface area contributed by atoms with Crippen LogP contribution in [-0.2, 0) is 9.47 Å². The van der Waals surface area contributed by atoms with E-state index in [0.717, 1.165) is 19.1 Å². The zero-order valence-corrected chi connectivity index (χ0v) is 12.7. The molecule has 19 heavy (non-hydrogen) atoms. The summed E-state index contributed by atoms with van der Waals surface area (Å²) < 4.78 is 11.3. The first kappa shape index (κ1) is 15.1. The van der Waals surface area contributed by atoms with E-state index in [4.69, 9.17) is 9.47 Å². The van der Waals surface area contributed by atoms with Crippen LogP contribution in [0.25, 0.3) is 0 Å². The fraction of sp³-hybridized carbons (Fsp3) is 0.882.